The van der Waals surface area contributed by atoms with E-state index in [2.05, 4.69) is 4.72 Å². The average molecular weight is 353 g/mol. The Hall–Kier alpha value is -1.74. The van der Waals surface area contributed by atoms with Crippen molar-refractivity contribution in [1.29, 1.82) is 0 Å². The SMILES string of the molecule is O=C(O)CC(NS(=O)(=O)c1ccc2c(c1)COC2)c1ccsc1. The number of carboxylic acid groups (broad SMARTS) is 1. The fraction of sp³-hybridized carbons (Fsp3) is 0.267. The van der Waals surface area contributed by atoms with Crippen LogP contribution in [0.1, 0.15) is 29.2 Å². The van der Waals surface area contributed by atoms with Crippen molar-refractivity contribution in [1.82, 2.24) is 4.72 Å². The number of carbonyl (C=O) groups is 1. The second kappa shape index (κ2) is 6.40. The predicted octanol–water partition coefficient (Wildman–Crippen LogP) is 2.27. The molecule has 122 valence electrons. The monoisotopic (exact) mass is 353 g/mol. The van der Waals surface area contributed by atoms with E-state index in [1.165, 1.54) is 17.4 Å². The zero-order valence-corrected chi connectivity index (χ0v) is 13.7. The van der Waals surface area contributed by atoms with E-state index in [1.807, 2.05) is 0 Å². The molecule has 23 heavy (non-hydrogen) atoms. The van der Waals surface area contributed by atoms with Gasteiger partial charge < -0.3 is 9.84 Å². The molecule has 0 amide bonds. The van der Waals surface area contributed by atoms with E-state index in [-0.39, 0.29) is 11.3 Å². The van der Waals surface area contributed by atoms with Gasteiger partial charge in [-0.1, -0.05) is 6.07 Å². The number of fused-ring (bicyclic) bond motifs is 1. The molecule has 2 N–H and O–H groups in total. The predicted molar refractivity (Wildman–Crippen MR) is 84.6 cm³/mol. The van der Waals surface area contributed by atoms with E-state index in [0.29, 0.717) is 18.8 Å². The summed E-state index contributed by atoms with van der Waals surface area (Å²) in [6.45, 7) is 0.876. The summed E-state index contributed by atoms with van der Waals surface area (Å²) in [6.07, 6.45) is -0.315. The molecule has 1 aliphatic heterocycles. The number of aliphatic carboxylic acids is 1. The van der Waals surface area contributed by atoms with Crippen molar-refractivity contribution in [3.05, 3.63) is 51.7 Å². The first-order valence-corrected chi connectivity index (χ1v) is 9.34. The lowest BCUT2D eigenvalue weighted by atomic mass is 10.1. The fourth-order valence-electron chi connectivity index (χ4n) is 2.45. The highest BCUT2D eigenvalue weighted by atomic mass is 32.2. The normalized spacial score (nSPS) is 15.3. The molecule has 1 unspecified atom stereocenters. The summed E-state index contributed by atoms with van der Waals surface area (Å²) in [5.41, 5.74) is 2.47. The van der Waals surface area contributed by atoms with Crippen molar-refractivity contribution in [3.8, 4) is 0 Å². The molecule has 6 nitrogen and oxygen atoms in total. The lowest BCUT2D eigenvalue weighted by molar-refractivity contribution is -0.137. The van der Waals surface area contributed by atoms with Crippen LogP contribution in [0.25, 0.3) is 0 Å². The van der Waals surface area contributed by atoms with Crippen LogP contribution < -0.4 is 4.72 Å². The summed E-state index contributed by atoms with van der Waals surface area (Å²) in [7, 11) is -3.82. The van der Waals surface area contributed by atoms with Crippen LogP contribution in [0.4, 0.5) is 0 Å². The summed E-state index contributed by atoms with van der Waals surface area (Å²) >= 11 is 1.39. The van der Waals surface area contributed by atoms with Gasteiger partial charge in [-0.25, -0.2) is 13.1 Å². The number of nitrogens with one attached hydrogen (secondary N) is 1. The van der Waals surface area contributed by atoms with Crippen LogP contribution in [0.3, 0.4) is 0 Å². The van der Waals surface area contributed by atoms with Crippen molar-refractivity contribution in [2.75, 3.05) is 0 Å². The van der Waals surface area contributed by atoms with Gasteiger partial charge in [0.25, 0.3) is 0 Å². The topological polar surface area (TPSA) is 92.7 Å². The van der Waals surface area contributed by atoms with Crippen molar-refractivity contribution in [2.45, 2.75) is 30.6 Å². The van der Waals surface area contributed by atoms with E-state index in [9.17, 15) is 13.2 Å². The largest absolute Gasteiger partial charge is 0.481 e. The van der Waals surface area contributed by atoms with Crippen molar-refractivity contribution in [2.24, 2.45) is 0 Å². The quantitative estimate of drug-likeness (QED) is 0.831. The van der Waals surface area contributed by atoms with Gasteiger partial charge in [0.15, 0.2) is 0 Å². The first-order chi connectivity index (χ1) is 11.0. The highest BCUT2D eigenvalue weighted by molar-refractivity contribution is 7.89. The third kappa shape index (κ3) is 3.61. The molecule has 0 bridgehead atoms. The molecule has 0 saturated heterocycles. The molecule has 1 atom stereocenters. The van der Waals surface area contributed by atoms with Gasteiger partial charge >= 0.3 is 5.97 Å². The standard InChI is InChI=1S/C15H15NO5S2/c17-15(18)6-14(11-3-4-22-9-11)16-23(19,20)13-2-1-10-7-21-8-12(10)5-13/h1-5,9,14,16H,6-8H2,(H,17,18). The van der Waals surface area contributed by atoms with Gasteiger partial charge in [0.2, 0.25) is 10.0 Å². The fourth-order valence-corrected chi connectivity index (χ4v) is 4.44. The maximum atomic E-state index is 12.6. The number of carboxylic acids is 1. The molecule has 0 saturated carbocycles. The summed E-state index contributed by atoms with van der Waals surface area (Å²) < 4.78 is 32.9. The molecule has 1 aromatic carbocycles. The van der Waals surface area contributed by atoms with Gasteiger partial charge in [-0.15, -0.1) is 0 Å². The summed E-state index contributed by atoms with van der Waals surface area (Å²) in [5.74, 6) is -1.06. The zero-order chi connectivity index (χ0) is 16.4. The smallest absolute Gasteiger partial charge is 0.305 e. The van der Waals surface area contributed by atoms with E-state index in [0.717, 1.165) is 11.1 Å². The molecular formula is C15H15NO5S2. The first kappa shape index (κ1) is 16.1. The molecule has 1 aliphatic rings. The summed E-state index contributed by atoms with van der Waals surface area (Å²) in [6, 6.07) is 5.75. The van der Waals surface area contributed by atoms with Crippen LogP contribution in [-0.2, 0) is 32.8 Å². The van der Waals surface area contributed by atoms with Crippen molar-refractivity contribution in [3.63, 3.8) is 0 Å². The Bertz CT molecular complexity index is 814. The van der Waals surface area contributed by atoms with Crippen LogP contribution >= 0.6 is 11.3 Å². The first-order valence-electron chi connectivity index (χ1n) is 6.91. The number of hydrogen-bond donors (Lipinski definition) is 2. The third-order valence-corrected chi connectivity index (χ3v) is 5.80. The molecular weight excluding hydrogens is 338 g/mol. The third-order valence-electron chi connectivity index (χ3n) is 3.62. The lowest BCUT2D eigenvalue weighted by Crippen LogP contribution is -2.30. The molecule has 0 radical (unpaired) electrons. The van der Waals surface area contributed by atoms with Crippen LogP contribution in [-0.4, -0.2) is 19.5 Å². The Labute approximate surface area is 137 Å². The molecule has 2 heterocycles. The number of ether oxygens (including phenoxy) is 1. The highest BCUT2D eigenvalue weighted by Crippen LogP contribution is 2.26. The second-order valence-electron chi connectivity index (χ2n) is 5.25. The molecule has 0 aliphatic carbocycles. The molecule has 3 rings (SSSR count). The van der Waals surface area contributed by atoms with Gasteiger partial charge in [-0.05, 0) is 45.6 Å². The van der Waals surface area contributed by atoms with Gasteiger partial charge in [0.05, 0.1) is 30.6 Å². The van der Waals surface area contributed by atoms with Crippen molar-refractivity contribution >= 4 is 27.3 Å². The second-order valence-corrected chi connectivity index (χ2v) is 7.75. The van der Waals surface area contributed by atoms with Gasteiger partial charge in [0, 0.05) is 0 Å². The minimum Gasteiger partial charge on any atom is -0.481 e. The van der Waals surface area contributed by atoms with Crippen LogP contribution in [0, 0.1) is 0 Å². The minimum absolute atomic E-state index is 0.118. The Morgan fingerprint density at radius 3 is 2.78 bits per heavy atom. The Balaban J connectivity index is 1.87. The molecule has 1 aromatic heterocycles. The van der Waals surface area contributed by atoms with Crippen LogP contribution in [0.5, 0.6) is 0 Å². The van der Waals surface area contributed by atoms with Crippen LogP contribution in [0.2, 0.25) is 0 Å². The molecule has 0 spiro atoms. The minimum atomic E-state index is -3.82. The molecule has 2 aromatic rings. The van der Waals surface area contributed by atoms with E-state index in [1.54, 1.807) is 29.0 Å². The van der Waals surface area contributed by atoms with Gasteiger partial charge in [-0.3, -0.25) is 4.79 Å². The lowest BCUT2D eigenvalue weighted by Gasteiger charge is -2.16. The number of rotatable bonds is 6. The number of hydrogen-bond acceptors (Lipinski definition) is 5. The zero-order valence-electron chi connectivity index (χ0n) is 12.1. The number of thiophene rings is 1. The van der Waals surface area contributed by atoms with Gasteiger partial charge in [-0.2, -0.15) is 11.3 Å². The number of benzene rings is 1. The Morgan fingerprint density at radius 2 is 2.09 bits per heavy atom. The molecule has 8 heteroatoms. The maximum absolute atomic E-state index is 12.6. The van der Waals surface area contributed by atoms with Crippen LogP contribution in [0.15, 0.2) is 39.9 Å². The van der Waals surface area contributed by atoms with E-state index < -0.39 is 22.0 Å². The number of sulfonamides is 1. The molecule has 0 fully saturated rings. The van der Waals surface area contributed by atoms with Crippen molar-refractivity contribution < 1.29 is 23.1 Å². The summed E-state index contributed by atoms with van der Waals surface area (Å²) in [4.78, 5) is 11.2. The van der Waals surface area contributed by atoms with Gasteiger partial charge in [0.1, 0.15) is 0 Å². The summed E-state index contributed by atoms with van der Waals surface area (Å²) in [5, 5.41) is 12.6. The van der Waals surface area contributed by atoms with E-state index in [4.69, 9.17) is 9.84 Å². The maximum Gasteiger partial charge on any atom is 0.305 e. The average Bonchev–Trinajstić information content (AvgIpc) is 3.16. The Morgan fingerprint density at radius 1 is 1.30 bits per heavy atom. The van der Waals surface area contributed by atoms with E-state index >= 15 is 0 Å². The Kier molecular flexibility index (Phi) is 4.49. The highest BCUT2D eigenvalue weighted by Gasteiger charge is 2.25.